The first kappa shape index (κ1) is 21.3. The maximum absolute atomic E-state index is 13.5. The number of halogens is 9. The highest BCUT2D eigenvalue weighted by Crippen LogP contribution is 2.55. The van der Waals surface area contributed by atoms with E-state index in [1.165, 1.54) is 6.07 Å². The molecule has 1 aromatic rings. The van der Waals surface area contributed by atoms with E-state index in [-0.39, 0.29) is 5.56 Å². The van der Waals surface area contributed by atoms with E-state index in [0.717, 1.165) is 25.1 Å². The minimum Gasteiger partial charge on any atom is -0.388 e. The molecule has 0 aliphatic rings. The van der Waals surface area contributed by atoms with Gasteiger partial charge in [-0.25, -0.2) is 0 Å². The zero-order valence-electron chi connectivity index (χ0n) is 12.4. The summed E-state index contributed by atoms with van der Waals surface area (Å²) in [6.45, 7) is 1.07. The molecule has 1 N–H and O–H groups in total. The number of carbonyl (C=O) groups excluding carboxylic acids is 1. The number of alkyl halides is 9. The Morgan fingerprint density at radius 2 is 1.52 bits per heavy atom. The van der Waals surface area contributed by atoms with Crippen molar-refractivity contribution in [1.82, 2.24) is 0 Å². The molecular formula is C14H11F9O2. The lowest BCUT2D eigenvalue weighted by Crippen LogP contribution is -2.61. The third-order valence-corrected chi connectivity index (χ3v) is 3.34. The Morgan fingerprint density at radius 3 is 1.96 bits per heavy atom. The molecule has 0 aromatic heterocycles. The second kappa shape index (κ2) is 6.50. The van der Waals surface area contributed by atoms with Gasteiger partial charge in [-0.3, -0.25) is 4.79 Å². The van der Waals surface area contributed by atoms with Crippen LogP contribution in [-0.4, -0.2) is 34.8 Å². The van der Waals surface area contributed by atoms with E-state index >= 15 is 0 Å². The highest BCUT2D eigenvalue weighted by atomic mass is 19.4. The van der Waals surface area contributed by atoms with Crippen molar-refractivity contribution in [2.24, 2.45) is 0 Å². The number of benzene rings is 1. The molecule has 0 saturated heterocycles. The summed E-state index contributed by atoms with van der Waals surface area (Å²) < 4.78 is 115. The van der Waals surface area contributed by atoms with E-state index in [1.54, 1.807) is 0 Å². The summed E-state index contributed by atoms with van der Waals surface area (Å²) in [5.41, 5.74) is -0.620. The van der Waals surface area contributed by atoms with E-state index in [1.807, 2.05) is 0 Å². The van der Waals surface area contributed by atoms with Crippen molar-refractivity contribution in [2.75, 3.05) is 0 Å². The molecular weight excluding hydrogens is 371 g/mol. The SMILES string of the molecule is CC(=O)c1cccc(C(O)CC(F)(F)C(F)(F)C(F)(F)C(F)(F)F)c1. The molecule has 1 atom stereocenters. The van der Waals surface area contributed by atoms with Gasteiger partial charge in [0.15, 0.2) is 5.78 Å². The quantitative estimate of drug-likeness (QED) is 0.568. The normalized spacial score (nSPS) is 15.2. The van der Waals surface area contributed by atoms with Crippen molar-refractivity contribution >= 4 is 5.78 Å². The van der Waals surface area contributed by atoms with Crippen molar-refractivity contribution < 1.29 is 49.4 Å². The first-order chi connectivity index (χ1) is 11.0. The van der Waals surface area contributed by atoms with Crippen LogP contribution in [0.1, 0.15) is 35.4 Å². The molecule has 0 heterocycles. The minimum atomic E-state index is -7.01. The number of Topliss-reactive ketones (excluding diaryl/α,β-unsaturated/α-hetero) is 1. The van der Waals surface area contributed by atoms with Crippen LogP contribution in [0.3, 0.4) is 0 Å². The molecule has 11 heteroatoms. The number of rotatable bonds is 6. The van der Waals surface area contributed by atoms with Crippen molar-refractivity contribution in [3.05, 3.63) is 35.4 Å². The lowest BCUT2D eigenvalue weighted by atomic mass is 9.94. The fourth-order valence-electron chi connectivity index (χ4n) is 1.86. The highest BCUT2D eigenvalue weighted by molar-refractivity contribution is 5.94. The predicted octanol–water partition coefficient (Wildman–Crippen LogP) is 4.78. The largest absolute Gasteiger partial charge is 0.460 e. The van der Waals surface area contributed by atoms with Crippen molar-refractivity contribution in [2.45, 2.75) is 43.4 Å². The lowest BCUT2D eigenvalue weighted by Gasteiger charge is -2.34. The molecule has 1 unspecified atom stereocenters. The fraction of sp³-hybridized carbons (Fsp3) is 0.500. The maximum Gasteiger partial charge on any atom is 0.460 e. The van der Waals surface area contributed by atoms with Crippen LogP contribution in [0.25, 0.3) is 0 Å². The van der Waals surface area contributed by atoms with Crippen molar-refractivity contribution in [3.8, 4) is 0 Å². The predicted molar refractivity (Wildman–Crippen MR) is 66.9 cm³/mol. The molecule has 1 aromatic carbocycles. The van der Waals surface area contributed by atoms with Crippen LogP contribution >= 0.6 is 0 Å². The van der Waals surface area contributed by atoms with Gasteiger partial charge >= 0.3 is 23.9 Å². The van der Waals surface area contributed by atoms with Crippen LogP contribution in [0.2, 0.25) is 0 Å². The molecule has 0 aliphatic carbocycles. The van der Waals surface area contributed by atoms with Crippen LogP contribution < -0.4 is 0 Å². The topological polar surface area (TPSA) is 37.3 Å². The number of hydrogen-bond acceptors (Lipinski definition) is 2. The molecule has 0 amide bonds. The Labute approximate surface area is 135 Å². The van der Waals surface area contributed by atoms with E-state index in [2.05, 4.69) is 0 Å². The second-order valence-electron chi connectivity index (χ2n) is 5.25. The molecule has 0 radical (unpaired) electrons. The van der Waals surface area contributed by atoms with Gasteiger partial charge in [-0.2, -0.15) is 39.5 Å². The van der Waals surface area contributed by atoms with Gasteiger partial charge in [-0.1, -0.05) is 18.2 Å². The van der Waals surface area contributed by atoms with Gasteiger partial charge in [-0.15, -0.1) is 0 Å². The Kier molecular flexibility index (Phi) is 5.53. The lowest BCUT2D eigenvalue weighted by molar-refractivity contribution is -0.398. The van der Waals surface area contributed by atoms with E-state index < -0.39 is 47.8 Å². The van der Waals surface area contributed by atoms with Crippen LogP contribution in [-0.2, 0) is 0 Å². The third-order valence-electron chi connectivity index (χ3n) is 3.34. The second-order valence-corrected chi connectivity index (χ2v) is 5.25. The number of hydrogen-bond donors (Lipinski definition) is 1. The van der Waals surface area contributed by atoms with Gasteiger partial charge in [0, 0.05) is 12.0 Å². The molecule has 25 heavy (non-hydrogen) atoms. The average molecular weight is 382 g/mol. The van der Waals surface area contributed by atoms with E-state index in [4.69, 9.17) is 0 Å². The van der Waals surface area contributed by atoms with Crippen LogP contribution in [0.5, 0.6) is 0 Å². The number of aliphatic hydroxyl groups excluding tert-OH is 1. The first-order valence-electron chi connectivity index (χ1n) is 6.54. The van der Waals surface area contributed by atoms with Gasteiger partial charge in [0.05, 0.1) is 6.10 Å². The minimum absolute atomic E-state index is 0.104. The Bertz CT molecular complexity index is 637. The van der Waals surface area contributed by atoms with Gasteiger partial charge in [-0.05, 0) is 18.6 Å². The molecule has 1 rings (SSSR count). The molecule has 0 fully saturated rings. The fourth-order valence-corrected chi connectivity index (χ4v) is 1.86. The van der Waals surface area contributed by atoms with E-state index in [0.29, 0.717) is 0 Å². The van der Waals surface area contributed by atoms with Gasteiger partial charge in [0.1, 0.15) is 0 Å². The maximum atomic E-state index is 13.5. The number of ketones is 1. The van der Waals surface area contributed by atoms with Gasteiger partial charge in [0.2, 0.25) is 0 Å². The summed E-state index contributed by atoms with van der Waals surface area (Å²) in [5.74, 6) is -20.3. The van der Waals surface area contributed by atoms with Crippen LogP contribution in [0.15, 0.2) is 24.3 Å². The molecule has 0 spiro atoms. The number of aliphatic hydroxyl groups is 1. The summed E-state index contributed by atoms with van der Waals surface area (Å²) in [5, 5.41) is 9.54. The summed E-state index contributed by atoms with van der Waals surface area (Å²) in [6.07, 6.45) is -11.8. The number of carbonyl (C=O) groups is 1. The summed E-state index contributed by atoms with van der Waals surface area (Å²) >= 11 is 0. The van der Waals surface area contributed by atoms with Gasteiger partial charge < -0.3 is 5.11 Å². The van der Waals surface area contributed by atoms with Crippen LogP contribution in [0, 0.1) is 0 Å². The molecule has 2 nitrogen and oxygen atoms in total. The van der Waals surface area contributed by atoms with Crippen molar-refractivity contribution in [3.63, 3.8) is 0 Å². The smallest absolute Gasteiger partial charge is 0.388 e. The molecule has 142 valence electrons. The summed E-state index contributed by atoms with van der Waals surface area (Å²) in [4.78, 5) is 11.1. The average Bonchev–Trinajstić information content (AvgIpc) is 2.45. The standard InChI is InChI=1S/C14H11F9O2/c1-7(24)8-3-2-4-9(5-8)10(25)6-11(15,16)12(17,18)13(19,20)14(21,22)23/h2-5,10,25H,6H2,1H3. The molecule has 0 aliphatic heterocycles. The first-order valence-corrected chi connectivity index (χ1v) is 6.54. The van der Waals surface area contributed by atoms with E-state index in [9.17, 15) is 49.4 Å². The summed E-state index contributed by atoms with van der Waals surface area (Å²) in [7, 11) is 0. The summed E-state index contributed by atoms with van der Waals surface area (Å²) in [6, 6.07) is 4.05. The van der Waals surface area contributed by atoms with Crippen LogP contribution in [0.4, 0.5) is 39.5 Å². The monoisotopic (exact) mass is 382 g/mol. The highest BCUT2D eigenvalue weighted by Gasteiger charge is 2.81. The Balaban J connectivity index is 3.15. The zero-order chi connectivity index (χ0) is 19.8. The van der Waals surface area contributed by atoms with Gasteiger partial charge in [0.25, 0.3) is 0 Å². The van der Waals surface area contributed by atoms with Crippen molar-refractivity contribution in [1.29, 1.82) is 0 Å². The Morgan fingerprint density at radius 1 is 1.00 bits per heavy atom. The zero-order valence-corrected chi connectivity index (χ0v) is 12.4. The molecule has 0 saturated carbocycles. The Hall–Kier alpha value is -1.78. The molecule has 0 bridgehead atoms. The third kappa shape index (κ3) is 3.91.